The van der Waals surface area contributed by atoms with E-state index in [1.807, 2.05) is 0 Å². The molecule has 1 aliphatic carbocycles. The maximum atomic E-state index is 15.7. The van der Waals surface area contributed by atoms with Crippen LogP contribution in [-0.2, 0) is 14.3 Å². The third-order valence-electron chi connectivity index (χ3n) is 8.48. The molecule has 2 saturated heterocycles. The zero-order valence-corrected chi connectivity index (χ0v) is 22.4. The van der Waals surface area contributed by atoms with Crippen molar-refractivity contribution < 1.29 is 50.9 Å². The number of β-amino-alcohol motifs (C(OH)–C–C–N with tert-alkyl or cyclic N) is 1. The van der Waals surface area contributed by atoms with Gasteiger partial charge in [0.05, 0.1) is 37.7 Å². The molecule has 2 amide bonds. The Hall–Kier alpha value is -3.00. The van der Waals surface area contributed by atoms with Crippen LogP contribution in [0.15, 0.2) is 47.6 Å². The molecule has 13 heteroatoms. The molecule has 1 aromatic carbocycles. The molecule has 4 atom stereocenters. The number of imide groups is 1. The minimum absolute atomic E-state index is 0.0973. The van der Waals surface area contributed by atoms with Gasteiger partial charge in [-0.3, -0.25) is 14.5 Å². The van der Waals surface area contributed by atoms with E-state index in [4.69, 9.17) is 4.74 Å². The highest BCUT2D eigenvalue weighted by molar-refractivity contribution is 7.16. The first-order valence-corrected chi connectivity index (χ1v) is 13.5. The Bertz CT molecular complexity index is 1550. The van der Waals surface area contributed by atoms with Gasteiger partial charge in [0.25, 0.3) is 0 Å². The molecule has 1 aromatic heterocycles. The average Bonchev–Trinajstić information content (AvgIpc) is 3.64. The minimum Gasteiger partial charge on any atom is -0.395 e. The van der Waals surface area contributed by atoms with Crippen LogP contribution >= 0.6 is 11.3 Å². The Balaban J connectivity index is 1.61. The van der Waals surface area contributed by atoms with E-state index in [9.17, 15) is 19.8 Å². The predicted octanol–water partition coefficient (Wildman–Crippen LogP) is 4.37. The van der Waals surface area contributed by atoms with Crippen molar-refractivity contribution >= 4 is 28.7 Å². The molecule has 41 heavy (non-hydrogen) atoms. The first-order valence-electron chi connectivity index (χ1n) is 12.7. The molecule has 6 rings (SSSR count). The number of thiophene rings is 1. The van der Waals surface area contributed by atoms with Gasteiger partial charge >= 0.3 is 17.8 Å². The van der Waals surface area contributed by atoms with Crippen molar-refractivity contribution in [3.05, 3.63) is 63.6 Å². The van der Waals surface area contributed by atoms with Crippen LogP contribution in [0.2, 0.25) is 0 Å². The summed E-state index contributed by atoms with van der Waals surface area (Å²) in [6, 6.07) is 8.43. The summed E-state index contributed by atoms with van der Waals surface area (Å²) in [4.78, 5) is 27.3. The number of fused-ring (bicyclic) bond motifs is 5. The van der Waals surface area contributed by atoms with Crippen LogP contribution in [0.25, 0.3) is 16.0 Å². The maximum Gasteiger partial charge on any atom is 0.380 e. The van der Waals surface area contributed by atoms with Crippen LogP contribution in [0.3, 0.4) is 0 Å². The van der Waals surface area contributed by atoms with E-state index in [0.717, 1.165) is 17.4 Å². The molecular formula is C28H23F6NO5S. The lowest BCUT2D eigenvalue weighted by molar-refractivity contribution is -0.259. The van der Waals surface area contributed by atoms with Crippen LogP contribution in [0.1, 0.15) is 16.0 Å². The molecule has 218 valence electrons. The zero-order chi connectivity index (χ0) is 29.9. The molecule has 3 aliphatic heterocycles. The number of amides is 2. The Morgan fingerprint density at radius 1 is 0.951 bits per heavy atom. The van der Waals surface area contributed by atoms with E-state index in [0.29, 0.717) is 15.3 Å². The first-order chi connectivity index (χ1) is 19.2. The summed E-state index contributed by atoms with van der Waals surface area (Å²) in [6.07, 6.45) is -0.955. The van der Waals surface area contributed by atoms with E-state index in [1.165, 1.54) is 13.8 Å². The number of benzene rings is 1. The Labute approximate surface area is 233 Å². The number of carbonyl (C=O) groups is 2. The molecule has 2 N–H and O–H groups in total. The summed E-state index contributed by atoms with van der Waals surface area (Å²) >= 11 is 0.990. The topological polar surface area (TPSA) is 87.1 Å². The van der Waals surface area contributed by atoms with Crippen molar-refractivity contribution in [1.29, 1.82) is 0 Å². The molecule has 0 saturated carbocycles. The number of hydrogen-bond acceptors (Lipinski definition) is 6. The molecule has 2 aromatic rings. The lowest BCUT2D eigenvalue weighted by Gasteiger charge is -2.28. The average molecular weight is 600 g/mol. The van der Waals surface area contributed by atoms with Crippen molar-refractivity contribution in [2.45, 2.75) is 43.3 Å². The second-order valence-corrected chi connectivity index (χ2v) is 11.9. The van der Waals surface area contributed by atoms with Crippen LogP contribution in [-0.4, -0.2) is 76.2 Å². The summed E-state index contributed by atoms with van der Waals surface area (Å²) in [5.74, 6) is -21.3. The van der Waals surface area contributed by atoms with Gasteiger partial charge in [0.1, 0.15) is 5.60 Å². The molecule has 0 spiro atoms. The third kappa shape index (κ3) is 3.31. The number of hydrogen-bond donors (Lipinski definition) is 2. The van der Waals surface area contributed by atoms with Gasteiger partial charge in [0.2, 0.25) is 11.8 Å². The number of ether oxygens (including phenoxy) is 1. The standard InChI is InChI=1S/C28H23F6NO5S/c1-12-16(13(2)41-22(12)14-6-4-3-5-7-14)19-18(26(29,30)28(33,34)27(19,31)32)15-10-25(11-37)20-17(21(15)40-25)23(38)35(8-9-36)24(20)39/h3-7,10,17,20-21,36-37H,8-9,11H2,1-2H3. The third-order valence-corrected chi connectivity index (χ3v) is 9.74. The normalized spacial score (nSPS) is 30.9. The summed E-state index contributed by atoms with van der Waals surface area (Å²) < 4.78 is 98.6. The number of alkyl halides is 6. The highest BCUT2D eigenvalue weighted by Crippen LogP contribution is 2.67. The number of halogens is 6. The van der Waals surface area contributed by atoms with Crippen molar-refractivity contribution in [3.8, 4) is 10.4 Å². The van der Waals surface area contributed by atoms with Crippen LogP contribution < -0.4 is 0 Å². The number of aliphatic hydroxyl groups excluding tert-OH is 2. The van der Waals surface area contributed by atoms with Gasteiger partial charge in [0, 0.05) is 26.5 Å². The van der Waals surface area contributed by atoms with E-state index in [2.05, 4.69) is 0 Å². The minimum atomic E-state index is -5.84. The van der Waals surface area contributed by atoms with Crippen molar-refractivity contribution in [3.63, 3.8) is 0 Å². The Kier molecular flexibility index (Phi) is 6.01. The fraction of sp³-hybridized carbons (Fsp3) is 0.429. The molecule has 0 radical (unpaired) electrons. The van der Waals surface area contributed by atoms with Crippen LogP contribution in [0.5, 0.6) is 0 Å². The maximum absolute atomic E-state index is 15.7. The number of nitrogens with zero attached hydrogens (tertiary/aromatic N) is 1. The van der Waals surface area contributed by atoms with Gasteiger partial charge in [-0.05, 0) is 36.6 Å². The molecule has 4 heterocycles. The van der Waals surface area contributed by atoms with Gasteiger partial charge in [0.15, 0.2) is 0 Å². The molecule has 4 aliphatic rings. The molecule has 2 bridgehead atoms. The highest BCUT2D eigenvalue weighted by atomic mass is 32.1. The Morgan fingerprint density at radius 2 is 1.59 bits per heavy atom. The summed E-state index contributed by atoms with van der Waals surface area (Å²) in [5.41, 5.74) is -5.88. The summed E-state index contributed by atoms with van der Waals surface area (Å²) in [7, 11) is 0. The smallest absolute Gasteiger partial charge is 0.380 e. The quantitative estimate of drug-likeness (QED) is 0.381. The molecule has 6 nitrogen and oxygen atoms in total. The van der Waals surface area contributed by atoms with Crippen molar-refractivity contribution in [2.75, 3.05) is 19.8 Å². The number of aryl methyl sites for hydroxylation is 1. The van der Waals surface area contributed by atoms with Gasteiger partial charge in [-0.1, -0.05) is 30.3 Å². The second-order valence-electron chi connectivity index (χ2n) is 10.6. The van der Waals surface area contributed by atoms with E-state index in [-0.39, 0.29) is 10.4 Å². The van der Waals surface area contributed by atoms with Gasteiger partial charge in [-0.15, -0.1) is 11.3 Å². The van der Waals surface area contributed by atoms with Crippen molar-refractivity contribution in [2.24, 2.45) is 11.8 Å². The summed E-state index contributed by atoms with van der Waals surface area (Å²) in [5, 5.41) is 19.5. The monoisotopic (exact) mass is 599 g/mol. The number of aliphatic hydroxyl groups is 2. The van der Waals surface area contributed by atoms with E-state index >= 15 is 26.3 Å². The number of allylic oxidation sites excluding steroid dienone is 1. The largest absolute Gasteiger partial charge is 0.395 e. The second kappa shape index (κ2) is 8.76. The fourth-order valence-corrected chi connectivity index (χ4v) is 7.89. The molecular weight excluding hydrogens is 576 g/mol. The van der Waals surface area contributed by atoms with Crippen LogP contribution in [0.4, 0.5) is 26.3 Å². The zero-order valence-electron chi connectivity index (χ0n) is 21.6. The predicted molar refractivity (Wildman–Crippen MR) is 135 cm³/mol. The summed E-state index contributed by atoms with van der Waals surface area (Å²) in [6.45, 7) is 0.720. The fourth-order valence-electron chi connectivity index (χ4n) is 6.71. The lowest BCUT2D eigenvalue weighted by Crippen LogP contribution is -2.49. The molecule has 4 unspecified atom stereocenters. The van der Waals surface area contributed by atoms with E-state index < -0.39 is 95.2 Å². The van der Waals surface area contributed by atoms with Gasteiger partial charge in [-0.2, -0.15) is 26.3 Å². The Morgan fingerprint density at radius 3 is 2.20 bits per heavy atom. The van der Waals surface area contributed by atoms with Crippen LogP contribution in [0, 0.1) is 25.7 Å². The highest BCUT2D eigenvalue weighted by Gasteiger charge is 2.82. The molecule has 2 fully saturated rings. The number of rotatable bonds is 6. The van der Waals surface area contributed by atoms with Gasteiger partial charge < -0.3 is 14.9 Å². The first kappa shape index (κ1) is 28.1. The van der Waals surface area contributed by atoms with E-state index in [1.54, 1.807) is 30.3 Å². The SMILES string of the molecule is Cc1sc(-c2ccccc2)c(C)c1C1=C(C2=CC3(CO)OC2C2C(=O)N(CCO)C(=O)C23)C(F)(F)C(F)(F)C1(F)F. The number of likely N-dealkylation sites (tertiary alicyclic amines) is 1. The van der Waals surface area contributed by atoms with Crippen molar-refractivity contribution in [1.82, 2.24) is 4.90 Å². The number of carbonyl (C=O) groups excluding carboxylic acids is 2. The lowest BCUT2D eigenvalue weighted by atomic mass is 9.72. The van der Waals surface area contributed by atoms with Gasteiger partial charge in [-0.25, -0.2) is 0 Å².